The Balaban J connectivity index is 1.60. The van der Waals surface area contributed by atoms with Gasteiger partial charge in [0.15, 0.2) is 5.11 Å². The lowest BCUT2D eigenvalue weighted by molar-refractivity contribution is 0.358. The molecule has 1 aromatic heterocycles. The maximum atomic E-state index is 5.60. The van der Waals surface area contributed by atoms with Gasteiger partial charge in [0.05, 0.1) is 12.8 Å². The van der Waals surface area contributed by atoms with Crippen LogP contribution in [-0.4, -0.2) is 34.0 Å². The summed E-state index contributed by atoms with van der Waals surface area (Å²) in [4.78, 5) is 3.30. The molecule has 2 N–H and O–H groups in total. The predicted molar refractivity (Wildman–Crippen MR) is 98.3 cm³/mol. The van der Waals surface area contributed by atoms with E-state index < -0.39 is 0 Å². The van der Waals surface area contributed by atoms with Gasteiger partial charge in [0.2, 0.25) is 0 Å². The van der Waals surface area contributed by atoms with Gasteiger partial charge in [0.25, 0.3) is 0 Å². The molecular formula is C18H20N4OS. The van der Waals surface area contributed by atoms with Gasteiger partial charge in [-0.2, -0.15) is 5.10 Å². The second kappa shape index (κ2) is 6.28. The number of nitrogens with one attached hydrogen (secondary N) is 2. The van der Waals surface area contributed by atoms with Crippen LogP contribution in [0.5, 0.6) is 5.75 Å². The van der Waals surface area contributed by atoms with Crippen LogP contribution in [0.1, 0.15) is 36.6 Å². The molecule has 1 aromatic carbocycles. The monoisotopic (exact) mass is 340 g/mol. The van der Waals surface area contributed by atoms with E-state index in [1.54, 1.807) is 7.11 Å². The Bertz CT molecular complexity index is 750. The number of H-pyrrole nitrogens is 1. The molecule has 0 bridgehead atoms. The van der Waals surface area contributed by atoms with Gasteiger partial charge in [-0.3, -0.25) is 0 Å². The van der Waals surface area contributed by atoms with E-state index in [0.29, 0.717) is 11.2 Å². The van der Waals surface area contributed by atoms with Gasteiger partial charge in [0.1, 0.15) is 11.8 Å². The first-order valence-electron chi connectivity index (χ1n) is 8.19. The van der Waals surface area contributed by atoms with Gasteiger partial charge < -0.3 is 15.0 Å². The Kier molecular flexibility index (Phi) is 3.98. The lowest BCUT2D eigenvalue weighted by Crippen LogP contribution is -2.38. The Morgan fingerprint density at radius 3 is 2.71 bits per heavy atom. The maximum Gasteiger partial charge on any atom is 0.190 e. The first-order chi connectivity index (χ1) is 11.7. The lowest BCUT2D eigenvalue weighted by Gasteiger charge is -2.23. The molecule has 1 saturated carbocycles. The Morgan fingerprint density at radius 1 is 1.29 bits per heavy atom. The number of thiocarbonyl (C=S) groups is 1. The number of nitrogens with zero attached hydrogens (tertiary/aromatic N) is 2. The van der Waals surface area contributed by atoms with Crippen molar-refractivity contribution >= 4 is 23.0 Å². The van der Waals surface area contributed by atoms with Gasteiger partial charge in [0, 0.05) is 24.4 Å². The van der Waals surface area contributed by atoms with Crippen LogP contribution in [-0.2, 0) is 0 Å². The highest BCUT2D eigenvalue weighted by Crippen LogP contribution is 2.33. The minimum atomic E-state index is 0.107. The molecular weight excluding hydrogens is 320 g/mol. The summed E-state index contributed by atoms with van der Waals surface area (Å²) in [6.07, 6.45) is 5.14. The van der Waals surface area contributed by atoms with Crippen LogP contribution < -0.4 is 10.1 Å². The van der Waals surface area contributed by atoms with Crippen LogP contribution in [0.4, 0.5) is 0 Å². The number of hydrogen-bond acceptors (Lipinski definition) is 3. The lowest BCUT2D eigenvalue weighted by atomic mass is 10.0. The highest BCUT2D eigenvalue weighted by molar-refractivity contribution is 7.80. The van der Waals surface area contributed by atoms with Crippen molar-refractivity contribution in [3.05, 3.63) is 53.9 Å². The zero-order valence-electron chi connectivity index (χ0n) is 13.5. The van der Waals surface area contributed by atoms with Crippen molar-refractivity contribution in [1.82, 2.24) is 15.3 Å². The van der Waals surface area contributed by atoms with Crippen molar-refractivity contribution in [1.29, 1.82) is 0 Å². The topological polar surface area (TPSA) is 52.6 Å². The molecule has 24 heavy (non-hydrogen) atoms. The fourth-order valence-corrected chi connectivity index (χ4v) is 3.25. The Hall–Kier alpha value is -2.34. The summed E-state index contributed by atoms with van der Waals surface area (Å²) >= 11 is 5.60. The van der Waals surface area contributed by atoms with Crippen molar-refractivity contribution in [2.75, 3.05) is 7.11 Å². The number of rotatable bonds is 4. The summed E-state index contributed by atoms with van der Waals surface area (Å²) in [5, 5.41) is 10.9. The van der Waals surface area contributed by atoms with E-state index in [2.05, 4.69) is 16.4 Å². The third-order valence-corrected chi connectivity index (χ3v) is 4.73. The first kappa shape index (κ1) is 15.2. The quantitative estimate of drug-likeness (QED) is 0.839. The molecule has 0 radical (unpaired) electrons. The number of ether oxygens (including phenoxy) is 1. The third kappa shape index (κ3) is 3.01. The number of aromatic nitrogens is 1. The average Bonchev–Trinajstić information content (AvgIpc) is 3.11. The number of aromatic amines is 1. The van der Waals surface area contributed by atoms with E-state index in [-0.39, 0.29) is 6.04 Å². The Morgan fingerprint density at radius 2 is 2.08 bits per heavy atom. The van der Waals surface area contributed by atoms with Crippen LogP contribution >= 0.6 is 12.2 Å². The van der Waals surface area contributed by atoms with Crippen LogP contribution in [0.3, 0.4) is 0 Å². The van der Waals surface area contributed by atoms with Gasteiger partial charge in [-0.1, -0.05) is 0 Å². The van der Waals surface area contributed by atoms with Crippen molar-refractivity contribution in [3.63, 3.8) is 0 Å². The van der Waals surface area contributed by atoms with E-state index in [1.807, 2.05) is 41.5 Å². The standard InChI is InChI=1S/C18H20N4OS/c1-23-14-8-4-12(5-9-14)16-11-17(15-3-2-10-19-15)22(21-16)18(24)20-13-6-7-13/h2-5,8-10,13,17,19H,6-7,11H2,1H3,(H,20,24). The molecule has 1 unspecified atom stereocenters. The van der Waals surface area contributed by atoms with Gasteiger partial charge in [-0.15, -0.1) is 0 Å². The molecule has 2 aliphatic rings. The second-order valence-electron chi connectivity index (χ2n) is 6.19. The van der Waals surface area contributed by atoms with Crippen LogP contribution in [0.25, 0.3) is 0 Å². The molecule has 124 valence electrons. The van der Waals surface area contributed by atoms with Crippen molar-refractivity contribution in [2.24, 2.45) is 5.10 Å². The molecule has 0 amide bonds. The summed E-state index contributed by atoms with van der Waals surface area (Å²) in [6.45, 7) is 0. The smallest absolute Gasteiger partial charge is 0.190 e. The minimum Gasteiger partial charge on any atom is -0.497 e. The fraction of sp³-hybridized carbons (Fsp3) is 0.333. The summed E-state index contributed by atoms with van der Waals surface area (Å²) < 4.78 is 5.24. The van der Waals surface area contributed by atoms with E-state index in [1.165, 1.54) is 12.8 Å². The molecule has 2 heterocycles. The van der Waals surface area contributed by atoms with Crippen LogP contribution in [0.2, 0.25) is 0 Å². The molecule has 1 atom stereocenters. The van der Waals surface area contributed by atoms with Crippen molar-refractivity contribution < 1.29 is 4.74 Å². The number of methoxy groups -OCH3 is 1. The van der Waals surface area contributed by atoms with E-state index in [9.17, 15) is 0 Å². The average molecular weight is 340 g/mol. The third-order valence-electron chi connectivity index (χ3n) is 4.43. The maximum absolute atomic E-state index is 5.60. The molecule has 2 aromatic rings. The molecule has 0 spiro atoms. The van der Waals surface area contributed by atoms with E-state index in [4.69, 9.17) is 22.1 Å². The normalized spacial score (nSPS) is 20.0. The molecule has 5 nitrogen and oxygen atoms in total. The van der Waals surface area contributed by atoms with Gasteiger partial charge in [-0.25, -0.2) is 5.01 Å². The first-order valence-corrected chi connectivity index (χ1v) is 8.60. The highest BCUT2D eigenvalue weighted by atomic mass is 32.1. The number of hydrazone groups is 1. The molecule has 4 rings (SSSR count). The number of benzene rings is 1. The molecule has 0 saturated heterocycles. The molecule has 1 fully saturated rings. The summed E-state index contributed by atoms with van der Waals surface area (Å²) in [5.74, 6) is 0.848. The molecule has 6 heteroatoms. The largest absolute Gasteiger partial charge is 0.497 e. The van der Waals surface area contributed by atoms with Crippen LogP contribution in [0.15, 0.2) is 47.7 Å². The fourth-order valence-electron chi connectivity index (χ4n) is 2.92. The van der Waals surface area contributed by atoms with E-state index in [0.717, 1.165) is 29.1 Å². The molecule has 1 aliphatic heterocycles. The summed E-state index contributed by atoms with van der Waals surface area (Å²) in [7, 11) is 1.67. The second-order valence-corrected chi connectivity index (χ2v) is 6.58. The van der Waals surface area contributed by atoms with Crippen LogP contribution in [0, 0.1) is 0 Å². The summed E-state index contributed by atoms with van der Waals surface area (Å²) in [5.41, 5.74) is 3.27. The number of hydrogen-bond donors (Lipinski definition) is 2. The molecule has 1 aliphatic carbocycles. The SMILES string of the molecule is COc1ccc(C2=NN(C(=S)NC3CC3)C(c3ccc[nH]3)C2)cc1. The van der Waals surface area contributed by atoms with Gasteiger partial charge >= 0.3 is 0 Å². The Labute approximate surface area is 146 Å². The highest BCUT2D eigenvalue weighted by Gasteiger charge is 2.34. The van der Waals surface area contributed by atoms with E-state index >= 15 is 0 Å². The zero-order valence-corrected chi connectivity index (χ0v) is 14.3. The predicted octanol–water partition coefficient (Wildman–Crippen LogP) is 3.21. The van der Waals surface area contributed by atoms with Crippen molar-refractivity contribution in [2.45, 2.75) is 31.3 Å². The van der Waals surface area contributed by atoms with Gasteiger partial charge in [-0.05, 0) is 67.0 Å². The summed E-state index contributed by atoms with van der Waals surface area (Å²) in [6, 6.07) is 12.7. The zero-order chi connectivity index (χ0) is 16.5. The van der Waals surface area contributed by atoms with Crippen molar-refractivity contribution in [3.8, 4) is 5.75 Å². The minimum absolute atomic E-state index is 0.107.